The Morgan fingerprint density at radius 2 is 1.74 bits per heavy atom. The van der Waals surface area contributed by atoms with Gasteiger partial charge in [0.15, 0.2) is 0 Å². The molecule has 0 aliphatic rings. The van der Waals surface area contributed by atoms with Crippen molar-refractivity contribution in [2.75, 3.05) is 12.8 Å². The fourth-order valence-corrected chi connectivity index (χ4v) is 2.93. The second kappa shape index (κ2) is 8.75. The number of aliphatic hydroxyl groups is 1. The molecule has 2 N–H and O–H groups in total. The van der Waals surface area contributed by atoms with Gasteiger partial charge in [0, 0.05) is 11.4 Å². The van der Waals surface area contributed by atoms with Crippen LogP contribution < -0.4 is 5.32 Å². The summed E-state index contributed by atoms with van der Waals surface area (Å²) >= 11 is 1.66. The molecular weight excluding hydrogens is 306 g/mol. The van der Waals surface area contributed by atoms with E-state index in [2.05, 4.69) is 5.32 Å². The van der Waals surface area contributed by atoms with Crippen molar-refractivity contribution in [1.82, 2.24) is 5.32 Å². The van der Waals surface area contributed by atoms with Crippen LogP contribution in [-0.4, -0.2) is 23.8 Å². The topological polar surface area (TPSA) is 49.3 Å². The van der Waals surface area contributed by atoms with E-state index in [1.165, 1.54) is 0 Å². The molecule has 2 rings (SSSR count). The molecule has 0 heterocycles. The molecule has 2 atom stereocenters. The standard InChI is InChI=1S/C19H23NO2S/c1-3-17(14-7-5-4-6-8-14)19(22)20-13-18(21)15-9-11-16(23-2)12-10-15/h4-12,17-18,21H,3,13H2,1-2H3,(H,20,22)/t17-,18+/m0/s1. The van der Waals surface area contributed by atoms with Crippen LogP contribution in [0.5, 0.6) is 0 Å². The molecule has 0 aromatic heterocycles. The Morgan fingerprint density at radius 3 is 2.30 bits per heavy atom. The summed E-state index contributed by atoms with van der Waals surface area (Å²) in [6.07, 6.45) is 2.05. The number of amides is 1. The average Bonchev–Trinajstić information content (AvgIpc) is 2.61. The Morgan fingerprint density at radius 1 is 1.09 bits per heavy atom. The van der Waals surface area contributed by atoms with Gasteiger partial charge in [0.2, 0.25) is 5.91 Å². The molecule has 0 aliphatic carbocycles. The predicted octanol–water partition coefficient (Wildman–Crippen LogP) is 3.75. The fourth-order valence-electron chi connectivity index (χ4n) is 2.52. The summed E-state index contributed by atoms with van der Waals surface area (Å²) < 4.78 is 0. The van der Waals surface area contributed by atoms with Gasteiger partial charge in [-0.2, -0.15) is 0 Å². The van der Waals surface area contributed by atoms with Crippen molar-refractivity contribution in [3.63, 3.8) is 0 Å². The van der Waals surface area contributed by atoms with Gasteiger partial charge in [-0.15, -0.1) is 11.8 Å². The van der Waals surface area contributed by atoms with Crippen molar-refractivity contribution in [1.29, 1.82) is 0 Å². The molecule has 0 fully saturated rings. The molecule has 1 amide bonds. The quantitative estimate of drug-likeness (QED) is 0.761. The molecule has 2 aromatic carbocycles. The fraction of sp³-hybridized carbons (Fsp3) is 0.316. The molecule has 0 spiro atoms. The zero-order valence-electron chi connectivity index (χ0n) is 13.5. The smallest absolute Gasteiger partial charge is 0.227 e. The highest BCUT2D eigenvalue weighted by atomic mass is 32.2. The van der Waals surface area contributed by atoms with E-state index < -0.39 is 6.10 Å². The normalized spacial score (nSPS) is 13.3. The third kappa shape index (κ3) is 4.85. The number of hydrogen-bond acceptors (Lipinski definition) is 3. The predicted molar refractivity (Wildman–Crippen MR) is 95.7 cm³/mol. The first-order valence-electron chi connectivity index (χ1n) is 7.80. The maximum Gasteiger partial charge on any atom is 0.227 e. The van der Waals surface area contributed by atoms with Crippen molar-refractivity contribution in [3.05, 3.63) is 65.7 Å². The largest absolute Gasteiger partial charge is 0.387 e. The number of aliphatic hydroxyl groups excluding tert-OH is 1. The first kappa shape index (κ1) is 17.6. The lowest BCUT2D eigenvalue weighted by atomic mass is 9.95. The second-order valence-corrected chi connectivity index (χ2v) is 6.29. The minimum absolute atomic E-state index is 0.0431. The minimum Gasteiger partial charge on any atom is -0.387 e. The van der Waals surface area contributed by atoms with Crippen LogP contribution in [0, 0.1) is 0 Å². The number of carbonyl (C=O) groups is 1. The van der Waals surface area contributed by atoms with Crippen LogP contribution in [0.3, 0.4) is 0 Å². The van der Waals surface area contributed by atoms with Gasteiger partial charge in [-0.1, -0.05) is 49.4 Å². The Bertz CT molecular complexity index is 613. The first-order chi connectivity index (χ1) is 11.2. The molecule has 0 bridgehead atoms. The Labute approximate surface area is 142 Å². The van der Waals surface area contributed by atoms with Crippen molar-refractivity contribution < 1.29 is 9.90 Å². The van der Waals surface area contributed by atoms with Crippen molar-refractivity contribution >= 4 is 17.7 Å². The van der Waals surface area contributed by atoms with Gasteiger partial charge in [0.1, 0.15) is 0 Å². The Kier molecular flexibility index (Phi) is 6.68. The second-order valence-electron chi connectivity index (χ2n) is 5.41. The molecule has 0 saturated heterocycles. The number of benzene rings is 2. The van der Waals surface area contributed by atoms with Gasteiger partial charge in [-0.3, -0.25) is 4.79 Å². The molecule has 122 valence electrons. The lowest BCUT2D eigenvalue weighted by Gasteiger charge is -2.18. The maximum atomic E-state index is 12.4. The molecule has 2 aromatic rings. The summed E-state index contributed by atoms with van der Waals surface area (Å²) in [5.41, 5.74) is 1.82. The number of thioether (sulfide) groups is 1. The first-order valence-corrected chi connectivity index (χ1v) is 9.02. The molecule has 23 heavy (non-hydrogen) atoms. The Hall–Kier alpha value is -1.78. The lowest BCUT2D eigenvalue weighted by molar-refractivity contribution is -0.123. The van der Waals surface area contributed by atoms with Crippen LogP contribution in [0.25, 0.3) is 0 Å². The van der Waals surface area contributed by atoms with Crippen LogP contribution in [-0.2, 0) is 4.79 Å². The molecule has 3 nitrogen and oxygen atoms in total. The highest BCUT2D eigenvalue weighted by molar-refractivity contribution is 7.98. The lowest BCUT2D eigenvalue weighted by Crippen LogP contribution is -2.32. The molecule has 0 unspecified atom stereocenters. The molecule has 0 radical (unpaired) electrons. The number of rotatable bonds is 7. The zero-order valence-corrected chi connectivity index (χ0v) is 14.3. The molecule has 4 heteroatoms. The number of nitrogens with one attached hydrogen (secondary N) is 1. The number of carbonyl (C=O) groups excluding carboxylic acids is 1. The van der Waals surface area contributed by atoms with Crippen LogP contribution in [0.15, 0.2) is 59.5 Å². The van der Waals surface area contributed by atoms with Crippen LogP contribution in [0.4, 0.5) is 0 Å². The Balaban J connectivity index is 1.94. The summed E-state index contributed by atoms with van der Waals surface area (Å²) in [6, 6.07) is 17.5. The van der Waals surface area contributed by atoms with E-state index in [0.29, 0.717) is 0 Å². The van der Waals surface area contributed by atoms with E-state index >= 15 is 0 Å². The van der Waals surface area contributed by atoms with E-state index in [4.69, 9.17) is 0 Å². The highest BCUT2D eigenvalue weighted by Crippen LogP contribution is 2.21. The van der Waals surface area contributed by atoms with Gasteiger partial charge < -0.3 is 10.4 Å². The van der Waals surface area contributed by atoms with E-state index in [-0.39, 0.29) is 18.4 Å². The molecular formula is C19H23NO2S. The van der Waals surface area contributed by atoms with Gasteiger partial charge in [-0.25, -0.2) is 0 Å². The van der Waals surface area contributed by atoms with Gasteiger partial charge in [0.25, 0.3) is 0 Å². The van der Waals surface area contributed by atoms with Gasteiger partial charge in [-0.05, 0) is 35.9 Å². The van der Waals surface area contributed by atoms with E-state index in [9.17, 15) is 9.90 Å². The summed E-state index contributed by atoms with van der Waals surface area (Å²) in [7, 11) is 0. The monoisotopic (exact) mass is 329 g/mol. The van der Waals surface area contributed by atoms with Crippen LogP contribution >= 0.6 is 11.8 Å². The molecule has 0 aliphatic heterocycles. The van der Waals surface area contributed by atoms with Crippen LogP contribution in [0.2, 0.25) is 0 Å². The SMILES string of the molecule is CC[C@H](C(=O)NC[C@@H](O)c1ccc(SC)cc1)c1ccccc1. The third-order valence-electron chi connectivity index (χ3n) is 3.90. The van der Waals surface area contributed by atoms with E-state index in [0.717, 1.165) is 22.4 Å². The van der Waals surface area contributed by atoms with E-state index in [1.54, 1.807) is 11.8 Å². The number of hydrogen-bond donors (Lipinski definition) is 2. The summed E-state index contributed by atoms with van der Waals surface area (Å²) in [5.74, 6) is -0.222. The average molecular weight is 329 g/mol. The highest BCUT2D eigenvalue weighted by Gasteiger charge is 2.19. The van der Waals surface area contributed by atoms with Crippen molar-refractivity contribution in [2.24, 2.45) is 0 Å². The molecule has 0 saturated carbocycles. The van der Waals surface area contributed by atoms with Crippen molar-refractivity contribution in [3.8, 4) is 0 Å². The summed E-state index contributed by atoms with van der Waals surface area (Å²) in [6.45, 7) is 2.22. The van der Waals surface area contributed by atoms with Gasteiger partial charge >= 0.3 is 0 Å². The van der Waals surface area contributed by atoms with Gasteiger partial charge in [0.05, 0.1) is 12.0 Å². The summed E-state index contributed by atoms with van der Waals surface area (Å²) in [4.78, 5) is 13.5. The third-order valence-corrected chi connectivity index (χ3v) is 4.64. The van der Waals surface area contributed by atoms with Crippen LogP contribution in [0.1, 0.15) is 36.5 Å². The minimum atomic E-state index is -0.692. The maximum absolute atomic E-state index is 12.4. The zero-order chi connectivity index (χ0) is 16.7. The summed E-state index contributed by atoms with van der Waals surface area (Å²) in [5, 5.41) is 13.1. The van der Waals surface area contributed by atoms with E-state index in [1.807, 2.05) is 67.8 Å². The van der Waals surface area contributed by atoms with Crippen molar-refractivity contribution in [2.45, 2.75) is 30.3 Å².